The zero-order chi connectivity index (χ0) is 17.6. The van der Waals surface area contributed by atoms with Gasteiger partial charge in [-0.3, -0.25) is 9.59 Å². The number of fused-ring (bicyclic) bond motifs is 2. The maximum Gasteiger partial charge on any atom is 0.310 e. The van der Waals surface area contributed by atoms with Gasteiger partial charge in [0.1, 0.15) is 0 Å². The Morgan fingerprint density at radius 2 is 1.68 bits per heavy atom. The van der Waals surface area contributed by atoms with Gasteiger partial charge in [0.05, 0.1) is 34.8 Å². The van der Waals surface area contributed by atoms with Crippen molar-refractivity contribution in [1.29, 1.82) is 0 Å². The van der Waals surface area contributed by atoms with Crippen molar-refractivity contribution in [1.82, 2.24) is 4.90 Å². The molecule has 134 valence electrons. The Morgan fingerprint density at radius 3 is 2.32 bits per heavy atom. The number of amides is 1. The Hall–Kier alpha value is -1.79. The number of halogens is 1. The molecule has 3 fully saturated rings. The van der Waals surface area contributed by atoms with E-state index in [0.717, 1.165) is 18.5 Å². The Labute approximate surface area is 151 Å². The lowest BCUT2D eigenvalue weighted by Crippen LogP contribution is -2.53. The van der Waals surface area contributed by atoms with Crippen molar-refractivity contribution in [3.63, 3.8) is 0 Å². The largest absolute Gasteiger partial charge is 0.481 e. The summed E-state index contributed by atoms with van der Waals surface area (Å²) >= 11 is 6.25. The average molecular weight is 365 g/mol. The van der Waals surface area contributed by atoms with Gasteiger partial charge in [-0.05, 0) is 25.0 Å². The molecule has 3 heterocycles. The molecule has 1 N–H and O–H groups in total. The van der Waals surface area contributed by atoms with Gasteiger partial charge in [0.2, 0.25) is 5.91 Å². The van der Waals surface area contributed by atoms with Crippen LogP contribution in [-0.2, 0) is 14.3 Å². The van der Waals surface area contributed by atoms with Crippen LogP contribution in [0.3, 0.4) is 0 Å². The quantitative estimate of drug-likeness (QED) is 0.886. The third-order valence-electron chi connectivity index (χ3n) is 5.63. The molecular formula is C18H21ClN2O4. The number of nitrogens with zero attached hydrogens (tertiary/aromatic N) is 2. The summed E-state index contributed by atoms with van der Waals surface area (Å²) in [7, 11) is 0. The molecule has 2 bridgehead atoms. The molecule has 1 amide bonds. The minimum Gasteiger partial charge on any atom is -0.481 e. The van der Waals surface area contributed by atoms with Crippen LogP contribution in [-0.4, -0.2) is 60.3 Å². The van der Waals surface area contributed by atoms with Crippen molar-refractivity contribution in [2.75, 3.05) is 31.1 Å². The number of carbonyl (C=O) groups excluding carboxylic acids is 1. The van der Waals surface area contributed by atoms with Gasteiger partial charge in [-0.1, -0.05) is 23.7 Å². The van der Waals surface area contributed by atoms with E-state index in [1.54, 1.807) is 4.90 Å². The van der Waals surface area contributed by atoms with Crippen LogP contribution in [0.2, 0.25) is 5.02 Å². The van der Waals surface area contributed by atoms with Crippen molar-refractivity contribution in [3.05, 3.63) is 29.3 Å². The summed E-state index contributed by atoms with van der Waals surface area (Å²) < 4.78 is 5.72. The van der Waals surface area contributed by atoms with Gasteiger partial charge in [-0.2, -0.15) is 0 Å². The van der Waals surface area contributed by atoms with E-state index < -0.39 is 17.8 Å². The molecule has 4 rings (SSSR count). The summed E-state index contributed by atoms with van der Waals surface area (Å²) in [4.78, 5) is 28.5. The third kappa shape index (κ3) is 2.87. The molecule has 1 aromatic carbocycles. The first-order valence-electron chi connectivity index (χ1n) is 8.73. The van der Waals surface area contributed by atoms with Crippen molar-refractivity contribution in [2.45, 2.75) is 25.0 Å². The molecule has 0 aromatic heterocycles. The number of hydrogen-bond acceptors (Lipinski definition) is 4. The number of piperazine rings is 1. The fourth-order valence-electron chi connectivity index (χ4n) is 4.39. The number of benzene rings is 1. The second-order valence-electron chi connectivity index (χ2n) is 6.94. The second kappa shape index (κ2) is 6.50. The van der Waals surface area contributed by atoms with Gasteiger partial charge in [0, 0.05) is 26.2 Å². The second-order valence-corrected chi connectivity index (χ2v) is 7.35. The first-order valence-corrected chi connectivity index (χ1v) is 9.10. The molecule has 1 aromatic rings. The summed E-state index contributed by atoms with van der Waals surface area (Å²) in [6.07, 6.45) is 0.983. The van der Waals surface area contributed by atoms with Crippen LogP contribution >= 0.6 is 11.6 Å². The fraction of sp³-hybridized carbons (Fsp3) is 0.556. The molecule has 0 saturated carbocycles. The molecule has 3 aliphatic rings. The van der Waals surface area contributed by atoms with E-state index >= 15 is 0 Å². The Morgan fingerprint density at radius 1 is 1.04 bits per heavy atom. The van der Waals surface area contributed by atoms with Gasteiger partial charge in [-0.15, -0.1) is 0 Å². The minimum atomic E-state index is -0.916. The summed E-state index contributed by atoms with van der Waals surface area (Å²) in [5, 5.41) is 10.2. The number of para-hydroxylation sites is 1. The van der Waals surface area contributed by atoms with E-state index in [4.69, 9.17) is 16.3 Å². The molecule has 4 atom stereocenters. The van der Waals surface area contributed by atoms with Crippen LogP contribution in [0.15, 0.2) is 24.3 Å². The summed E-state index contributed by atoms with van der Waals surface area (Å²) in [5.74, 6) is -2.23. The van der Waals surface area contributed by atoms with Crippen LogP contribution in [0.25, 0.3) is 0 Å². The lowest BCUT2D eigenvalue weighted by molar-refractivity contribution is -0.151. The summed E-state index contributed by atoms with van der Waals surface area (Å²) in [5.41, 5.74) is 0.975. The third-order valence-corrected chi connectivity index (χ3v) is 5.95. The van der Waals surface area contributed by atoms with Crippen molar-refractivity contribution < 1.29 is 19.4 Å². The first-order chi connectivity index (χ1) is 12.1. The zero-order valence-corrected chi connectivity index (χ0v) is 14.6. The SMILES string of the molecule is O=C(O)[C@H]1[C@@H](C(=O)N2CCN(c3ccccc3Cl)CC2)[C@H]2CC[C@H]1O2. The van der Waals surface area contributed by atoms with E-state index in [0.29, 0.717) is 31.2 Å². The standard InChI is InChI=1S/C18H21ClN2O4/c19-11-3-1-2-4-12(11)20-7-9-21(10-8-20)17(22)15-13-5-6-14(25-13)16(15)18(23)24/h1-4,13-16H,5-10H2,(H,23,24)/t13-,14-,15+,16-/m1/s1. The van der Waals surface area contributed by atoms with Gasteiger partial charge in [0.15, 0.2) is 0 Å². The number of anilines is 1. The Bertz CT molecular complexity index is 689. The molecule has 7 heteroatoms. The summed E-state index contributed by atoms with van der Waals surface area (Å²) in [6, 6.07) is 7.68. The van der Waals surface area contributed by atoms with Crippen LogP contribution < -0.4 is 4.90 Å². The topological polar surface area (TPSA) is 70.1 Å². The van der Waals surface area contributed by atoms with Crippen LogP contribution in [0.1, 0.15) is 12.8 Å². The highest BCUT2D eigenvalue weighted by atomic mass is 35.5. The number of hydrogen-bond donors (Lipinski definition) is 1. The van der Waals surface area contributed by atoms with Gasteiger partial charge in [0.25, 0.3) is 0 Å². The van der Waals surface area contributed by atoms with Crippen LogP contribution in [0, 0.1) is 11.8 Å². The van der Waals surface area contributed by atoms with Crippen molar-refractivity contribution >= 4 is 29.2 Å². The normalized spacial score (nSPS) is 31.4. The number of carboxylic acid groups (broad SMARTS) is 1. The first kappa shape index (κ1) is 16.7. The molecule has 0 aliphatic carbocycles. The number of aliphatic carboxylic acids is 1. The Balaban J connectivity index is 1.43. The molecule has 3 saturated heterocycles. The van der Waals surface area contributed by atoms with Crippen LogP contribution in [0.5, 0.6) is 0 Å². The lowest BCUT2D eigenvalue weighted by atomic mass is 9.78. The molecular weight excluding hydrogens is 344 g/mol. The van der Waals surface area contributed by atoms with Crippen LogP contribution in [0.4, 0.5) is 5.69 Å². The number of rotatable bonds is 3. The van der Waals surface area contributed by atoms with E-state index in [2.05, 4.69) is 4.90 Å². The maximum atomic E-state index is 13.0. The number of carbonyl (C=O) groups is 2. The highest BCUT2D eigenvalue weighted by Crippen LogP contribution is 2.44. The van der Waals surface area contributed by atoms with E-state index in [1.165, 1.54) is 0 Å². The molecule has 0 spiro atoms. The molecule has 3 aliphatic heterocycles. The van der Waals surface area contributed by atoms with E-state index in [-0.39, 0.29) is 18.1 Å². The van der Waals surface area contributed by atoms with E-state index in [1.807, 2.05) is 24.3 Å². The smallest absolute Gasteiger partial charge is 0.310 e. The summed E-state index contributed by atoms with van der Waals surface area (Å²) in [6.45, 7) is 2.53. The van der Waals surface area contributed by atoms with Crippen molar-refractivity contribution in [2.24, 2.45) is 11.8 Å². The highest BCUT2D eigenvalue weighted by molar-refractivity contribution is 6.33. The Kier molecular flexibility index (Phi) is 4.33. The molecule has 25 heavy (non-hydrogen) atoms. The number of ether oxygens (including phenoxy) is 1. The van der Waals surface area contributed by atoms with Gasteiger partial charge in [-0.25, -0.2) is 0 Å². The maximum absolute atomic E-state index is 13.0. The van der Waals surface area contributed by atoms with E-state index in [9.17, 15) is 14.7 Å². The average Bonchev–Trinajstić information content (AvgIpc) is 3.23. The zero-order valence-electron chi connectivity index (χ0n) is 13.8. The van der Waals surface area contributed by atoms with Crippen molar-refractivity contribution in [3.8, 4) is 0 Å². The number of carboxylic acids is 1. The highest BCUT2D eigenvalue weighted by Gasteiger charge is 2.56. The molecule has 6 nitrogen and oxygen atoms in total. The predicted octanol–water partition coefficient (Wildman–Crippen LogP) is 1.87. The minimum absolute atomic E-state index is 0.0709. The molecule has 0 unspecified atom stereocenters. The fourth-order valence-corrected chi connectivity index (χ4v) is 4.65. The molecule has 0 radical (unpaired) electrons. The predicted molar refractivity (Wildman–Crippen MR) is 92.8 cm³/mol. The van der Waals surface area contributed by atoms with Gasteiger partial charge >= 0.3 is 5.97 Å². The van der Waals surface area contributed by atoms with Gasteiger partial charge < -0.3 is 19.6 Å². The lowest BCUT2D eigenvalue weighted by Gasteiger charge is -2.38. The monoisotopic (exact) mass is 364 g/mol.